The van der Waals surface area contributed by atoms with Crippen molar-refractivity contribution in [3.63, 3.8) is 0 Å². The minimum Gasteiger partial charge on any atom is -0.505 e. The van der Waals surface area contributed by atoms with Crippen LogP contribution in [0.2, 0.25) is 0 Å². The molecule has 8 rings (SSSR count). The summed E-state index contributed by atoms with van der Waals surface area (Å²) in [7, 11) is 0. The van der Waals surface area contributed by atoms with Gasteiger partial charge in [0.1, 0.15) is 0 Å². The average molecular weight is 687 g/mol. The van der Waals surface area contributed by atoms with Crippen molar-refractivity contribution < 1.29 is 33.6 Å². The van der Waals surface area contributed by atoms with Crippen LogP contribution in [0.25, 0.3) is 0 Å². The molecule has 6 atom stereocenters. The van der Waals surface area contributed by atoms with E-state index in [0.29, 0.717) is 22.4 Å². The minimum absolute atomic E-state index is 0.0252. The lowest BCUT2D eigenvalue weighted by Gasteiger charge is -2.50. The molecule has 4 aromatic carbocycles. The number of rotatable bonds is 6. The Morgan fingerprint density at radius 2 is 1.63 bits per heavy atom. The quantitative estimate of drug-likeness (QED) is 0.110. The first-order chi connectivity index (χ1) is 24.5. The number of phenols is 1. The first kappa shape index (κ1) is 32.1. The highest BCUT2D eigenvalue weighted by Crippen LogP contribution is 2.64. The van der Waals surface area contributed by atoms with Gasteiger partial charge in [0.05, 0.1) is 39.5 Å². The molecule has 2 aliphatic heterocycles. The van der Waals surface area contributed by atoms with Gasteiger partial charge < -0.3 is 5.11 Å². The zero-order chi connectivity index (χ0) is 35.8. The van der Waals surface area contributed by atoms with Crippen molar-refractivity contribution >= 4 is 40.7 Å². The van der Waals surface area contributed by atoms with Gasteiger partial charge in [-0.2, -0.15) is 5.01 Å². The fraction of sp³-hybridized carbons (Fsp3) is 0.231. The summed E-state index contributed by atoms with van der Waals surface area (Å²) in [6, 6.07) is 25.2. The Balaban J connectivity index is 1.31. The van der Waals surface area contributed by atoms with Gasteiger partial charge >= 0.3 is 0 Å². The number of hydrogen-bond donors (Lipinski definition) is 2. The van der Waals surface area contributed by atoms with E-state index in [1.165, 1.54) is 36.4 Å². The first-order valence-electron chi connectivity index (χ1n) is 16.6. The van der Waals surface area contributed by atoms with Crippen LogP contribution in [0.15, 0.2) is 109 Å². The Bertz CT molecular complexity index is 2190. The number of allylic oxidation sites excluding steroid dienone is 2. The zero-order valence-electron chi connectivity index (χ0n) is 27.2. The second kappa shape index (κ2) is 11.7. The third-order valence-corrected chi connectivity index (χ3v) is 11.0. The maximum atomic E-state index is 15.3. The largest absolute Gasteiger partial charge is 0.505 e. The van der Waals surface area contributed by atoms with Crippen LogP contribution in [0, 0.1) is 46.5 Å². The van der Waals surface area contributed by atoms with E-state index < -0.39 is 75.1 Å². The molecule has 6 unspecified atom stereocenters. The molecule has 2 N–H and O–H groups in total. The number of fused-ring (bicyclic) bond motifs is 4. The van der Waals surface area contributed by atoms with E-state index in [0.717, 1.165) is 21.5 Å². The predicted octanol–water partition coefficient (Wildman–Crippen LogP) is 5.94. The number of phenolic OH excluding ortho intramolecular Hbond substituents is 1. The van der Waals surface area contributed by atoms with Crippen LogP contribution in [-0.2, 0) is 24.6 Å². The molecule has 51 heavy (non-hydrogen) atoms. The molecule has 256 valence electrons. The van der Waals surface area contributed by atoms with Crippen molar-refractivity contribution in [3.8, 4) is 5.75 Å². The Labute approximate surface area is 291 Å². The van der Waals surface area contributed by atoms with E-state index >= 15 is 9.18 Å². The summed E-state index contributed by atoms with van der Waals surface area (Å²) < 4.78 is 15.3. The Hall–Kier alpha value is -6.17. The topological polar surface area (TPSA) is 150 Å². The first-order valence-corrected chi connectivity index (χ1v) is 16.6. The van der Waals surface area contributed by atoms with Crippen molar-refractivity contribution in [3.05, 3.63) is 141 Å². The normalized spacial score (nSPS) is 26.8. The molecule has 0 bridgehead atoms. The van der Waals surface area contributed by atoms with E-state index in [1.807, 2.05) is 25.1 Å². The molecule has 4 amide bonds. The van der Waals surface area contributed by atoms with Crippen LogP contribution < -0.4 is 10.3 Å². The van der Waals surface area contributed by atoms with Gasteiger partial charge in [0.25, 0.3) is 17.5 Å². The van der Waals surface area contributed by atoms with Gasteiger partial charge in [-0.15, -0.1) is 0 Å². The number of nitrogens with one attached hydrogen (secondary N) is 1. The fourth-order valence-corrected chi connectivity index (χ4v) is 8.83. The van der Waals surface area contributed by atoms with Crippen molar-refractivity contribution in [1.82, 2.24) is 5.01 Å². The van der Waals surface area contributed by atoms with Crippen LogP contribution in [0.5, 0.6) is 5.75 Å². The lowest BCUT2D eigenvalue weighted by Crippen LogP contribution is -2.53. The summed E-state index contributed by atoms with van der Waals surface area (Å²) in [5.41, 5.74) is 4.14. The monoisotopic (exact) mass is 686 g/mol. The molecule has 2 aliphatic carbocycles. The van der Waals surface area contributed by atoms with Crippen LogP contribution in [0.1, 0.15) is 35.4 Å². The van der Waals surface area contributed by atoms with E-state index in [2.05, 4.69) is 5.43 Å². The predicted molar refractivity (Wildman–Crippen MR) is 182 cm³/mol. The Morgan fingerprint density at radius 1 is 0.882 bits per heavy atom. The third-order valence-electron chi connectivity index (χ3n) is 11.0. The number of nitrogens with zero attached hydrogens (tertiary/aromatic N) is 3. The van der Waals surface area contributed by atoms with Crippen LogP contribution >= 0.6 is 0 Å². The number of anilines is 2. The van der Waals surface area contributed by atoms with Crippen molar-refractivity contribution in [1.29, 1.82) is 0 Å². The van der Waals surface area contributed by atoms with E-state index in [1.54, 1.807) is 42.5 Å². The number of carbonyl (C=O) groups is 4. The lowest BCUT2D eigenvalue weighted by atomic mass is 9.49. The van der Waals surface area contributed by atoms with Crippen molar-refractivity contribution in [2.75, 3.05) is 10.3 Å². The van der Waals surface area contributed by atoms with Gasteiger partial charge in [-0.05, 0) is 67.1 Å². The maximum absolute atomic E-state index is 15.3. The molecule has 2 saturated heterocycles. The van der Waals surface area contributed by atoms with Crippen molar-refractivity contribution in [2.45, 2.75) is 31.1 Å². The summed E-state index contributed by atoms with van der Waals surface area (Å²) >= 11 is 0. The number of aryl methyl sites for hydroxylation is 1. The van der Waals surface area contributed by atoms with E-state index in [4.69, 9.17) is 0 Å². The molecular formula is C39H31FN4O7. The molecule has 3 fully saturated rings. The number of amides is 4. The molecular weight excluding hydrogens is 655 g/mol. The number of nitro benzene ring substituents is 1. The number of imide groups is 2. The summed E-state index contributed by atoms with van der Waals surface area (Å²) in [4.78, 5) is 70.0. The Morgan fingerprint density at radius 3 is 2.33 bits per heavy atom. The molecule has 12 heteroatoms. The third kappa shape index (κ3) is 4.69. The Kier molecular flexibility index (Phi) is 7.37. The van der Waals surface area contributed by atoms with Gasteiger partial charge in [-0.3, -0.25) is 34.7 Å². The fourth-order valence-electron chi connectivity index (χ4n) is 8.83. The van der Waals surface area contributed by atoms with Gasteiger partial charge in [0.15, 0.2) is 11.6 Å². The number of benzene rings is 4. The molecule has 4 aliphatic rings. The van der Waals surface area contributed by atoms with Gasteiger partial charge in [-0.1, -0.05) is 71.8 Å². The van der Waals surface area contributed by atoms with Gasteiger partial charge in [-0.25, -0.2) is 9.29 Å². The van der Waals surface area contributed by atoms with Crippen LogP contribution in [0.4, 0.5) is 21.5 Å². The highest BCUT2D eigenvalue weighted by Gasteiger charge is 2.70. The number of halogens is 1. The van der Waals surface area contributed by atoms with E-state index in [9.17, 15) is 29.6 Å². The molecule has 0 radical (unpaired) electrons. The number of aromatic hydroxyl groups is 1. The molecule has 2 heterocycles. The number of non-ortho nitro benzene ring substituents is 1. The molecule has 11 nitrogen and oxygen atoms in total. The summed E-state index contributed by atoms with van der Waals surface area (Å²) in [5, 5.41) is 22.7. The van der Waals surface area contributed by atoms with Crippen LogP contribution in [0.3, 0.4) is 0 Å². The summed E-state index contributed by atoms with van der Waals surface area (Å²) in [5.74, 6) is -8.19. The standard InChI is InChI=1S/C39H31FN4O7/c1-21-10-13-24(14-11-21)41-43-36(47)30-20-29-27(15-16-28-33(29)37(48)42(35(28)46)25-8-5-9-26(19-25)44(50)51)34(22-12-17-32(45)31(40)18-22)39(30,38(43)49)23-6-3-2-4-7-23/h2-15,17-19,28-30,33-34,41,45H,16,20H2,1H3. The molecule has 0 spiro atoms. The highest BCUT2D eigenvalue weighted by molar-refractivity contribution is 6.22. The number of nitro groups is 1. The average Bonchev–Trinajstić information content (AvgIpc) is 3.51. The van der Waals surface area contributed by atoms with Gasteiger partial charge in [0, 0.05) is 18.1 Å². The lowest BCUT2D eigenvalue weighted by molar-refractivity contribution is -0.384. The number of carbonyl (C=O) groups excluding carboxylic acids is 4. The number of hydrazine groups is 1. The number of hydrogen-bond acceptors (Lipinski definition) is 8. The van der Waals surface area contributed by atoms with E-state index in [-0.39, 0.29) is 24.2 Å². The molecule has 1 saturated carbocycles. The maximum Gasteiger partial charge on any atom is 0.271 e. The van der Waals surface area contributed by atoms with Crippen molar-refractivity contribution in [2.24, 2.45) is 23.7 Å². The second-order valence-corrected chi connectivity index (χ2v) is 13.6. The smallest absolute Gasteiger partial charge is 0.271 e. The summed E-state index contributed by atoms with van der Waals surface area (Å²) in [6.07, 6.45) is 1.97. The minimum atomic E-state index is -1.60. The second-order valence-electron chi connectivity index (χ2n) is 13.6. The highest BCUT2D eigenvalue weighted by atomic mass is 19.1. The zero-order valence-corrected chi connectivity index (χ0v) is 27.2. The SMILES string of the molecule is Cc1ccc(NN2C(=O)C3CC4C(=CCC5C(=O)N(c6cccc([N+](=O)[O-])c6)C(=O)C54)C(c4ccc(O)c(F)c4)C3(c3ccccc3)C2=O)cc1. The van der Waals surface area contributed by atoms with Crippen LogP contribution in [-0.4, -0.2) is 38.7 Å². The molecule has 4 aromatic rings. The molecule has 0 aromatic heterocycles. The van der Waals surface area contributed by atoms with Gasteiger partial charge in [0.2, 0.25) is 11.8 Å². The summed E-state index contributed by atoms with van der Waals surface area (Å²) in [6.45, 7) is 1.91.